The van der Waals surface area contributed by atoms with E-state index in [4.69, 9.17) is 0 Å². The fraction of sp³-hybridized carbons (Fsp3) is 0.500. The highest BCUT2D eigenvalue weighted by Crippen LogP contribution is 2.30. The minimum atomic E-state index is 0.248. The standard InChI is InChI=1S/C10H13N3O/c14-10-2-9(3-11-5-10)13-6-7-1-8(13)4-12-7/h2-3,5,7-8,12,14H,1,4,6H2. The maximum atomic E-state index is 9.34. The third-order valence-corrected chi connectivity index (χ3v) is 3.10. The first-order chi connectivity index (χ1) is 6.83. The lowest BCUT2D eigenvalue weighted by Crippen LogP contribution is -2.43. The average Bonchev–Trinajstić information content (AvgIpc) is 2.78. The number of nitrogens with one attached hydrogen (secondary N) is 1. The van der Waals surface area contributed by atoms with Gasteiger partial charge in [-0.1, -0.05) is 0 Å². The second-order valence-corrected chi connectivity index (χ2v) is 4.05. The van der Waals surface area contributed by atoms with Gasteiger partial charge in [-0.2, -0.15) is 0 Å². The van der Waals surface area contributed by atoms with Crippen molar-refractivity contribution in [3.63, 3.8) is 0 Å². The highest BCUT2D eigenvalue weighted by Gasteiger charge is 2.37. The van der Waals surface area contributed by atoms with Gasteiger partial charge in [0.1, 0.15) is 5.75 Å². The third kappa shape index (κ3) is 1.14. The molecule has 2 atom stereocenters. The van der Waals surface area contributed by atoms with Crippen molar-refractivity contribution < 1.29 is 5.11 Å². The summed E-state index contributed by atoms with van der Waals surface area (Å²) in [7, 11) is 0. The lowest BCUT2D eigenvalue weighted by Gasteiger charge is -2.29. The molecule has 0 aliphatic carbocycles. The molecule has 1 aromatic rings. The summed E-state index contributed by atoms with van der Waals surface area (Å²) in [6.07, 6.45) is 4.51. The van der Waals surface area contributed by atoms with Gasteiger partial charge in [0.25, 0.3) is 0 Å². The number of pyridine rings is 1. The molecule has 1 aromatic heterocycles. The number of fused-ring (bicyclic) bond motifs is 2. The quantitative estimate of drug-likeness (QED) is 0.672. The minimum Gasteiger partial charge on any atom is -0.506 e. The minimum absolute atomic E-state index is 0.248. The van der Waals surface area contributed by atoms with Crippen molar-refractivity contribution in [1.82, 2.24) is 10.3 Å². The van der Waals surface area contributed by atoms with Gasteiger partial charge in [0.15, 0.2) is 0 Å². The molecule has 0 saturated carbocycles. The summed E-state index contributed by atoms with van der Waals surface area (Å²) in [6.45, 7) is 2.09. The molecule has 2 unspecified atom stereocenters. The zero-order valence-corrected chi connectivity index (χ0v) is 7.85. The number of piperazine rings is 1. The molecule has 2 bridgehead atoms. The smallest absolute Gasteiger partial charge is 0.135 e. The SMILES string of the molecule is Oc1cncc(N2CC3CC2CN3)c1. The highest BCUT2D eigenvalue weighted by atomic mass is 16.3. The van der Waals surface area contributed by atoms with E-state index in [1.165, 1.54) is 12.6 Å². The van der Waals surface area contributed by atoms with Crippen LogP contribution in [0.3, 0.4) is 0 Å². The summed E-state index contributed by atoms with van der Waals surface area (Å²) in [5.41, 5.74) is 1.04. The molecule has 4 nitrogen and oxygen atoms in total. The summed E-state index contributed by atoms with van der Waals surface area (Å²) < 4.78 is 0. The molecule has 2 N–H and O–H groups in total. The number of anilines is 1. The Balaban J connectivity index is 1.89. The van der Waals surface area contributed by atoms with Gasteiger partial charge in [-0.15, -0.1) is 0 Å². The molecule has 0 radical (unpaired) electrons. The predicted octanol–water partition coefficient (Wildman–Crippen LogP) is 0.338. The molecule has 0 amide bonds. The Kier molecular flexibility index (Phi) is 1.64. The van der Waals surface area contributed by atoms with E-state index in [2.05, 4.69) is 15.2 Å². The van der Waals surface area contributed by atoms with E-state index in [0.717, 1.165) is 18.8 Å². The average molecular weight is 191 g/mol. The van der Waals surface area contributed by atoms with Crippen LogP contribution in [-0.4, -0.2) is 35.3 Å². The van der Waals surface area contributed by atoms with Crippen LogP contribution in [0.4, 0.5) is 5.69 Å². The van der Waals surface area contributed by atoms with Crippen molar-refractivity contribution in [2.24, 2.45) is 0 Å². The number of rotatable bonds is 1. The van der Waals surface area contributed by atoms with E-state index >= 15 is 0 Å². The lowest BCUT2D eigenvalue weighted by atomic mass is 10.2. The van der Waals surface area contributed by atoms with E-state index in [-0.39, 0.29) is 5.75 Å². The van der Waals surface area contributed by atoms with Gasteiger partial charge in [-0.3, -0.25) is 4.98 Å². The van der Waals surface area contributed by atoms with Crippen LogP contribution < -0.4 is 10.2 Å². The first-order valence-electron chi connectivity index (χ1n) is 4.97. The molecule has 74 valence electrons. The van der Waals surface area contributed by atoms with E-state index in [0.29, 0.717) is 12.1 Å². The van der Waals surface area contributed by atoms with Crippen molar-refractivity contribution in [2.75, 3.05) is 18.0 Å². The van der Waals surface area contributed by atoms with Crippen molar-refractivity contribution in [1.29, 1.82) is 0 Å². The first-order valence-corrected chi connectivity index (χ1v) is 4.97. The molecule has 4 heteroatoms. The Morgan fingerprint density at radius 3 is 3.07 bits per heavy atom. The maximum Gasteiger partial charge on any atom is 0.135 e. The normalized spacial score (nSPS) is 29.9. The molecule has 14 heavy (non-hydrogen) atoms. The van der Waals surface area contributed by atoms with Crippen LogP contribution in [0.5, 0.6) is 5.75 Å². The van der Waals surface area contributed by atoms with E-state index in [9.17, 15) is 5.11 Å². The number of nitrogens with zero attached hydrogens (tertiary/aromatic N) is 2. The monoisotopic (exact) mass is 191 g/mol. The van der Waals surface area contributed by atoms with E-state index < -0.39 is 0 Å². The number of hydrogen-bond acceptors (Lipinski definition) is 4. The lowest BCUT2D eigenvalue weighted by molar-refractivity contribution is 0.472. The zero-order chi connectivity index (χ0) is 9.54. The van der Waals surface area contributed by atoms with Crippen molar-refractivity contribution in [3.05, 3.63) is 18.5 Å². The van der Waals surface area contributed by atoms with Crippen LogP contribution in [0.1, 0.15) is 6.42 Å². The summed E-state index contributed by atoms with van der Waals surface area (Å²) in [6, 6.07) is 3.00. The fourth-order valence-corrected chi connectivity index (χ4v) is 2.45. The molecular weight excluding hydrogens is 178 g/mol. The summed E-state index contributed by atoms with van der Waals surface area (Å²) in [5.74, 6) is 0.248. The van der Waals surface area contributed by atoms with Gasteiger partial charge in [-0.25, -0.2) is 0 Å². The fourth-order valence-electron chi connectivity index (χ4n) is 2.45. The van der Waals surface area contributed by atoms with E-state index in [1.54, 1.807) is 6.07 Å². The van der Waals surface area contributed by atoms with Crippen LogP contribution in [0, 0.1) is 0 Å². The highest BCUT2D eigenvalue weighted by molar-refractivity contribution is 5.51. The second kappa shape index (κ2) is 2.85. The zero-order valence-electron chi connectivity index (χ0n) is 7.85. The Hall–Kier alpha value is -1.29. The Morgan fingerprint density at radius 2 is 2.43 bits per heavy atom. The predicted molar refractivity (Wildman–Crippen MR) is 53.4 cm³/mol. The molecule has 2 aliphatic rings. The summed E-state index contributed by atoms with van der Waals surface area (Å²) in [5, 5.41) is 12.8. The summed E-state index contributed by atoms with van der Waals surface area (Å²) >= 11 is 0. The topological polar surface area (TPSA) is 48.4 Å². The summed E-state index contributed by atoms with van der Waals surface area (Å²) in [4.78, 5) is 6.33. The van der Waals surface area contributed by atoms with Gasteiger partial charge < -0.3 is 15.3 Å². The largest absolute Gasteiger partial charge is 0.506 e. The van der Waals surface area contributed by atoms with Crippen molar-refractivity contribution >= 4 is 5.69 Å². The number of aromatic hydroxyl groups is 1. The molecule has 0 spiro atoms. The van der Waals surface area contributed by atoms with Gasteiger partial charge in [0.2, 0.25) is 0 Å². The number of hydrogen-bond donors (Lipinski definition) is 2. The molecule has 0 aromatic carbocycles. The third-order valence-electron chi connectivity index (χ3n) is 3.10. The molecular formula is C10H13N3O. The Bertz CT molecular complexity index is 355. The Morgan fingerprint density at radius 1 is 1.50 bits per heavy atom. The maximum absolute atomic E-state index is 9.34. The van der Waals surface area contributed by atoms with Gasteiger partial charge in [-0.05, 0) is 6.42 Å². The van der Waals surface area contributed by atoms with Crippen LogP contribution >= 0.6 is 0 Å². The van der Waals surface area contributed by atoms with Crippen molar-refractivity contribution in [3.8, 4) is 5.75 Å². The van der Waals surface area contributed by atoms with Gasteiger partial charge in [0.05, 0.1) is 18.1 Å². The van der Waals surface area contributed by atoms with Crippen molar-refractivity contribution in [2.45, 2.75) is 18.5 Å². The molecule has 3 rings (SSSR count). The van der Waals surface area contributed by atoms with Gasteiger partial charge in [0, 0.05) is 31.2 Å². The van der Waals surface area contributed by atoms with Crippen LogP contribution in [0.25, 0.3) is 0 Å². The molecule has 3 heterocycles. The van der Waals surface area contributed by atoms with Gasteiger partial charge >= 0.3 is 0 Å². The Labute approximate surface area is 82.6 Å². The van der Waals surface area contributed by atoms with Crippen LogP contribution in [0.15, 0.2) is 18.5 Å². The van der Waals surface area contributed by atoms with Crippen LogP contribution in [0.2, 0.25) is 0 Å². The second-order valence-electron chi connectivity index (χ2n) is 4.05. The number of aromatic nitrogens is 1. The van der Waals surface area contributed by atoms with Crippen LogP contribution in [-0.2, 0) is 0 Å². The first kappa shape index (κ1) is 8.05. The molecule has 2 saturated heterocycles. The molecule has 2 fully saturated rings. The molecule has 2 aliphatic heterocycles. The van der Waals surface area contributed by atoms with E-state index in [1.807, 2.05) is 6.20 Å².